The average molecular weight is 232 g/mol. The molecule has 0 aromatic rings. The highest BCUT2D eigenvalue weighted by atomic mass is 28.4. The molecule has 1 aliphatic heterocycles. The predicted molar refractivity (Wildman–Crippen MR) is 63.7 cm³/mol. The molecule has 0 aromatic heterocycles. The summed E-state index contributed by atoms with van der Waals surface area (Å²) >= 11 is 0. The topological polar surface area (TPSA) is 31.0 Å². The Bertz CT molecular complexity index is 181. The molecule has 0 aliphatic carbocycles. The van der Waals surface area contributed by atoms with E-state index in [1.807, 2.05) is 0 Å². The number of rotatable bonds is 8. The maximum absolute atomic E-state index is 5.90. The molecular weight excluding hydrogens is 208 g/mol. The van der Waals surface area contributed by atoms with Crippen molar-refractivity contribution in [2.45, 2.75) is 51.6 Å². The number of hydrogen-bond donors (Lipinski definition) is 0. The lowest BCUT2D eigenvalue weighted by molar-refractivity contribution is 0.0400. The van der Waals surface area contributed by atoms with Gasteiger partial charge in [-0.25, -0.2) is 0 Å². The van der Waals surface area contributed by atoms with E-state index in [0.717, 1.165) is 26.2 Å². The first-order chi connectivity index (χ1) is 7.03. The van der Waals surface area contributed by atoms with Crippen LogP contribution in [0.15, 0.2) is 0 Å². The first kappa shape index (κ1) is 13.2. The standard InChI is InChI=1S/C11H24O3Si/c1-5-15(3,4)14-7-6-10(2)12-8-11-9-13-11/h10-11H,5-9H2,1-4H3. The monoisotopic (exact) mass is 232 g/mol. The molecule has 0 amide bonds. The van der Waals surface area contributed by atoms with Crippen LogP contribution in [0.2, 0.25) is 19.1 Å². The molecule has 1 saturated heterocycles. The van der Waals surface area contributed by atoms with Crippen LogP contribution in [0.3, 0.4) is 0 Å². The van der Waals surface area contributed by atoms with E-state index in [4.69, 9.17) is 13.9 Å². The van der Waals surface area contributed by atoms with Gasteiger partial charge in [0.2, 0.25) is 0 Å². The van der Waals surface area contributed by atoms with Crippen LogP contribution in [0.1, 0.15) is 20.3 Å². The van der Waals surface area contributed by atoms with E-state index in [9.17, 15) is 0 Å². The maximum Gasteiger partial charge on any atom is 0.186 e. The Morgan fingerprint density at radius 2 is 2.13 bits per heavy atom. The summed E-state index contributed by atoms with van der Waals surface area (Å²) in [6.45, 7) is 11.3. The first-order valence-corrected chi connectivity index (χ1v) is 9.02. The minimum absolute atomic E-state index is 0.288. The van der Waals surface area contributed by atoms with Gasteiger partial charge in [-0.15, -0.1) is 0 Å². The predicted octanol–water partition coefficient (Wildman–Crippen LogP) is 2.42. The van der Waals surface area contributed by atoms with Crippen LogP contribution >= 0.6 is 0 Å². The molecule has 1 rings (SSSR count). The molecule has 0 spiro atoms. The number of epoxide rings is 1. The van der Waals surface area contributed by atoms with Crippen LogP contribution in [0.5, 0.6) is 0 Å². The first-order valence-electron chi connectivity index (χ1n) is 5.90. The molecule has 1 heterocycles. The van der Waals surface area contributed by atoms with Crippen molar-refractivity contribution in [1.29, 1.82) is 0 Å². The minimum Gasteiger partial charge on any atom is -0.417 e. The van der Waals surface area contributed by atoms with E-state index in [2.05, 4.69) is 26.9 Å². The van der Waals surface area contributed by atoms with Crippen molar-refractivity contribution < 1.29 is 13.9 Å². The molecule has 3 nitrogen and oxygen atoms in total. The molecular formula is C11H24O3Si. The van der Waals surface area contributed by atoms with Gasteiger partial charge in [0.25, 0.3) is 0 Å². The third kappa shape index (κ3) is 6.30. The van der Waals surface area contributed by atoms with Gasteiger partial charge in [0.15, 0.2) is 8.32 Å². The van der Waals surface area contributed by atoms with Crippen LogP contribution in [0.25, 0.3) is 0 Å². The van der Waals surface area contributed by atoms with Crippen LogP contribution in [-0.4, -0.2) is 40.3 Å². The van der Waals surface area contributed by atoms with Crippen molar-refractivity contribution >= 4 is 8.32 Å². The summed E-state index contributed by atoms with van der Waals surface area (Å²) in [4.78, 5) is 0. The fourth-order valence-electron chi connectivity index (χ4n) is 1.12. The average Bonchev–Trinajstić information content (AvgIpc) is 2.98. The summed E-state index contributed by atoms with van der Waals surface area (Å²) in [7, 11) is -1.36. The van der Waals surface area contributed by atoms with Crippen molar-refractivity contribution in [3.8, 4) is 0 Å². The molecule has 0 N–H and O–H groups in total. The zero-order chi connectivity index (χ0) is 11.3. The summed E-state index contributed by atoms with van der Waals surface area (Å²) in [5.74, 6) is 0. The summed E-state index contributed by atoms with van der Waals surface area (Å²) in [5.41, 5.74) is 0. The zero-order valence-corrected chi connectivity index (χ0v) is 11.4. The SMILES string of the molecule is CC[Si](C)(C)OCCC(C)OCC1CO1. The second-order valence-corrected chi connectivity index (χ2v) is 9.36. The van der Waals surface area contributed by atoms with E-state index < -0.39 is 8.32 Å². The second kappa shape index (κ2) is 5.99. The highest BCUT2D eigenvalue weighted by molar-refractivity contribution is 6.71. The minimum atomic E-state index is -1.36. The summed E-state index contributed by atoms with van der Waals surface area (Å²) in [6.07, 6.45) is 1.65. The second-order valence-electron chi connectivity index (χ2n) is 4.85. The van der Waals surface area contributed by atoms with Gasteiger partial charge in [-0.1, -0.05) is 6.92 Å². The molecule has 0 saturated carbocycles. The molecule has 90 valence electrons. The van der Waals surface area contributed by atoms with Crippen molar-refractivity contribution in [3.63, 3.8) is 0 Å². The molecule has 0 radical (unpaired) electrons. The molecule has 2 atom stereocenters. The Morgan fingerprint density at radius 3 is 2.67 bits per heavy atom. The van der Waals surface area contributed by atoms with Crippen LogP contribution < -0.4 is 0 Å². The van der Waals surface area contributed by atoms with E-state index in [-0.39, 0.29) is 6.10 Å². The molecule has 1 fully saturated rings. The van der Waals surface area contributed by atoms with Crippen LogP contribution in [0, 0.1) is 0 Å². The lowest BCUT2D eigenvalue weighted by Gasteiger charge is -2.22. The van der Waals surface area contributed by atoms with Crippen molar-refractivity contribution in [1.82, 2.24) is 0 Å². The van der Waals surface area contributed by atoms with Gasteiger partial charge in [0.05, 0.1) is 19.3 Å². The fourth-order valence-corrected chi connectivity index (χ4v) is 2.00. The summed E-state index contributed by atoms with van der Waals surface area (Å²) in [5, 5.41) is 0. The van der Waals surface area contributed by atoms with Crippen LogP contribution in [0.4, 0.5) is 0 Å². The van der Waals surface area contributed by atoms with Crippen molar-refractivity contribution in [3.05, 3.63) is 0 Å². The third-order valence-corrected chi connectivity index (χ3v) is 5.53. The molecule has 4 heteroatoms. The molecule has 2 unspecified atom stereocenters. The van der Waals surface area contributed by atoms with E-state index in [1.165, 1.54) is 6.04 Å². The lowest BCUT2D eigenvalue weighted by Crippen LogP contribution is -2.30. The van der Waals surface area contributed by atoms with E-state index in [1.54, 1.807) is 0 Å². The smallest absolute Gasteiger partial charge is 0.186 e. The van der Waals surface area contributed by atoms with Gasteiger partial charge in [-0.2, -0.15) is 0 Å². The fraction of sp³-hybridized carbons (Fsp3) is 1.00. The van der Waals surface area contributed by atoms with Gasteiger partial charge in [0, 0.05) is 6.61 Å². The molecule has 0 bridgehead atoms. The van der Waals surface area contributed by atoms with Crippen molar-refractivity contribution in [2.75, 3.05) is 19.8 Å². The van der Waals surface area contributed by atoms with Crippen LogP contribution in [-0.2, 0) is 13.9 Å². The summed E-state index contributed by atoms with van der Waals surface area (Å²) in [6, 6.07) is 1.18. The van der Waals surface area contributed by atoms with Gasteiger partial charge < -0.3 is 13.9 Å². The molecule has 0 aromatic carbocycles. The van der Waals surface area contributed by atoms with Crippen molar-refractivity contribution in [2.24, 2.45) is 0 Å². The normalized spacial score (nSPS) is 22.8. The van der Waals surface area contributed by atoms with Gasteiger partial charge in [-0.3, -0.25) is 0 Å². The highest BCUT2D eigenvalue weighted by Crippen LogP contribution is 2.13. The summed E-state index contributed by atoms with van der Waals surface area (Å²) < 4.78 is 16.6. The third-order valence-electron chi connectivity index (χ3n) is 2.84. The maximum atomic E-state index is 5.90. The van der Waals surface area contributed by atoms with E-state index >= 15 is 0 Å². The Kier molecular flexibility index (Phi) is 5.25. The molecule has 1 aliphatic rings. The van der Waals surface area contributed by atoms with Gasteiger partial charge in [0.1, 0.15) is 6.10 Å². The highest BCUT2D eigenvalue weighted by Gasteiger charge is 2.23. The number of hydrogen-bond acceptors (Lipinski definition) is 3. The number of ether oxygens (including phenoxy) is 2. The largest absolute Gasteiger partial charge is 0.417 e. The Hall–Kier alpha value is 0.0969. The Balaban J connectivity index is 1.97. The van der Waals surface area contributed by atoms with Gasteiger partial charge in [-0.05, 0) is 32.5 Å². The molecule has 15 heavy (non-hydrogen) atoms. The lowest BCUT2D eigenvalue weighted by atomic mass is 10.3. The Morgan fingerprint density at radius 1 is 1.47 bits per heavy atom. The van der Waals surface area contributed by atoms with E-state index in [0.29, 0.717) is 6.10 Å². The Labute approximate surface area is 94.2 Å². The van der Waals surface area contributed by atoms with Gasteiger partial charge >= 0.3 is 0 Å². The quantitative estimate of drug-likeness (QED) is 0.476. The zero-order valence-electron chi connectivity index (χ0n) is 10.4.